The van der Waals surface area contributed by atoms with Gasteiger partial charge in [-0.25, -0.2) is 8.78 Å². The van der Waals surface area contributed by atoms with Gasteiger partial charge in [-0.3, -0.25) is 0 Å². The number of ether oxygens (including phenoxy) is 2. The van der Waals surface area contributed by atoms with E-state index in [1.165, 1.54) is 24.3 Å². The van der Waals surface area contributed by atoms with Crippen LogP contribution in [0.15, 0.2) is 36.4 Å². The fourth-order valence-electron chi connectivity index (χ4n) is 4.32. The molecular formula is C24H29F2NO4. The first-order valence-electron chi connectivity index (χ1n) is 10.8. The van der Waals surface area contributed by atoms with Gasteiger partial charge in [0.2, 0.25) is 0 Å². The highest BCUT2D eigenvalue weighted by Crippen LogP contribution is 2.35. The van der Waals surface area contributed by atoms with Crippen molar-refractivity contribution in [1.82, 2.24) is 5.32 Å². The van der Waals surface area contributed by atoms with Gasteiger partial charge < -0.3 is 25.0 Å². The third-order valence-corrected chi connectivity index (χ3v) is 6.32. The van der Waals surface area contributed by atoms with Crippen molar-refractivity contribution in [1.29, 1.82) is 0 Å². The van der Waals surface area contributed by atoms with Crippen molar-refractivity contribution in [2.45, 2.75) is 62.9 Å². The monoisotopic (exact) mass is 433 g/mol. The predicted molar refractivity (Wildman–Crippen MR) is 112 cm³/mol. The van der Waals surface area contributed by atoms with Gasteiger partial charge in [0.1, 0.15) is 47.0 Å². The van der Waals surface area contributed by atoms with E-state index in [-0.39, 0.29) is 24.7 Å². The molecule has 0 spiro atoms. The van der Waals surface area contributed by atoms with E-state index < -0.39 is 23.9 Å². The molecule has 0 bridgehead atoms. The SMILES string of the molecule is C[C@@]1([C@H](O)CNC[C@@H](O)[C@@H]2CCCc3cc(F)ccc3O2)CCc2cc(F)ccc2O1. The second kappa shape index (κ2) is 9.10. The van der Waals surface area contributed by atoms with Crippen LogP contribution in [0.2, 0.25) is 0 Å². The van der Waals surface area contributed by atoms with Crippen LogP contribution >= 0.6 is 0 Å². The summed E-state index contributed by atoms with van der Waals surface area (Å²) in [4.78, 5) is 0. The topological polar surface area (TPSA) is 71.0 Å². The van der Waals surface area contributed by atoms with E-state index in [9.17, 15) is 19.0 Å². The molecular weight excluding hydrogens is 404 g/mol. The fraction of sp³-hybridized carbons (Fsp3) is 0.500. The maximum Gasteiger partial charge on any atom is 0.133 e. The Hall–Kier alpha value is -2.22. The van der Waals surface area contributed by atoms with Crippen LogP contribution in [-0.2, 0) is 12.8 Å². The van der Waals surface area contributed by atoms with Gasteiger partial charge in [-0.1, -0.05) is 0 Å². The average Bonchev–Trinajstić information content (AvgIpc) is 2.96. The van der Waals surface area contributed by atoms with Crippen molar-refractivity contribution >= 4 is 0 Å². The number of benzene rings is 2. The number of aliphatic hydroxyl groups is 2. The van der Waals surface area contributed by atoms with E-state index in [0.717, 1.165) is 17.5 Å². The molecule has 0 unspecified atom stereocenters. The maximum atomic E-state index is 13.4. The smallest absolute Gasteiger partial charge is 0.133 e. The second-order valence-electron chi connectivity index (χ2n) is 8.71. The van der Waals surface area contributed by atoms with Crippen LogP contribution in [0.3, 0.4) is 0 Å². The fourth-order valence-corrected chi connectivity index (χ4v) is 4.32. The maximum absolute atomic E-state index is 13.4. The number of aryl methyl sites for hydroxylation is 2. The molecule has 168 valence electrons. The van der Waals surface area contributed by atoms with E-state index in [1.807, 2.05) is 6.92 Å². The Balaban J connectivity index is 1.29. The number of nitrogens with one attached hydrogen (secondary N) is 1. The van der Waals surface area contributed by atoms with Crippen molar-refractivity contribution < 1.29 is 28.5 Å². The molecule has 4 atom stereocenters. The normalized spacial score (nSPS) is 24.7. The summed E-state index contributed by atoms with van der Waals surface area (Å²) < 4.78 is 38.8. The van der Waals surface area contributed by atoms with E-state index in [1.54, 1.807) is 12.1 Å². The molecule has 0 radical (unpaired) electrons. The molecule has 31 heavy (non-hydrogen) atoms. The average molecular weight is 433 g/mol. The zero-order valence-corrected chi connectivity index (χ0v) is 17.6. The lowest BCUT2D eigenvalue weighted by atomic mass is 9.87. The summed E-state index contributed by atoms with van der Waals surface area (Å²) in [5.74, 6) is 0.622. The first kappa shape index (κ1) is 22.0. The molecule has 2 aromatic carbocycles. The minimum absolute atomic E-state index is 0.235. The summed E-state index contributed by atoms with van der Waals surface area (Å²) >= 11 is 0. The number of hydrogen-bond acceptors (Lipinski definition) is 5. The van der Waals surface area contributed by atoms with Crippen LogP contribution < -0.4 is 14.8 Å². The summed E-state index contributed by atoms with van der Waals surface area (Å²) in [5, 5.41) is 24.5. The van der Waals surface area contributed by atoms with Gasteiger partial charge in [-0.15, -0.1) is 0 Å². The molecule has 2 aromatic rings. The van der Waals surface area contributed by atoms with Gasteiger partial charge in [0.25, 0.3) is 0 Å². The Kier molecular flexibility index (Phi) is 6.46. The second-order valence-corrected chi connectivity index (χ2v) is 8.71. The zero-order chi connectivity index (χ0) is 22.0. The molecule has 2 aliphatic rings. The van der Waals surface area contributed by atoms with E-state index in [0.29, 0.717) is 37.2 Å². The number of hydrogen-bond donors (Lipinski definition) is 3. The lowest BCUT2D eigenvalue weighted by Crippen LogP contribution is -2.52. The predicted octanol–water partition coefficient (Wildman–Crippen LogP) is 3.14. The van der Waals surface area contributed by atoms with Gasteiger partial charge in [-0.05, 0) is 86.6 Å². The zero-order valence-electron chi connectivity index (χ0n) is 17.6. The van der Waals surface area contributed by atoms with Crippen molar-refractivity contribution in [2.24, 2.45) is 0 Å². The number of aliphatic hydroxyl groups excluding tert-OH is 2. The summed E-state index contributed by atoms with van der Waals surface area (Å²) in [5.41, 5.74) is 0.823. The standard InChI is InChI=1S/C24H29F2NO4/c1-24(10-9-16-12-18(26)6-8-21(16)31-24)23(29)14-27-13-19(28)22-4-2-3-15-11-17(25)5-7-20(15)30-22/h5-8,11-12,19,22-23,27-29H,2-4,9-10,13-14H2,1H3/t19-,22+,23-,24+/m1/s1. The molecule has 7 heteroatoms. The minimum atomic E-state index is -0.809. The molecule has 3 N–H and O–H groups in total. The summed E-state index contributed by atoms with van der Waals surface area (Å²) in [6.45, 7) is 2.32. The molecule has 0 saturated heterocycles. The van der Waals surface area contributed by atoms with Gasteiger partial charge >= 0.3 is 0 Å². The van der Waals surface area contributed by atoms with Gasteiger partial charge in [0.15, 0.2) is 0 Å². The Morgan fingerprint density at radius 3 is 2.45 bits per heavy atom. The van der Waals surface area contributed by atoms with E-state index >= 15 is 0 Å². The van der Waals surface area contributed by atoms with Crippen molar-refractivity contribution in [3.63, 3.8) is 0 Å². The van der Waals surface area contributed by atoms with Crippen LogP contribution in [0.5, 0.6) is 11.5 Å². The van der Waals surface area contributed by atoms with Crippen LogP contribution in [0, 0.1) is 11.6 Å². The van der Waals surface area contributed by atoms with Crippen LogP contribution in [0.4, 0.5) is 8.78 Å². The molecule has 0 amide bonds. The highest BCUT2D eigenvalue weighted by molar-refractivity contribution is 5.37. The van der Waals surface area contributed by atoms with Crippen molar-refractivity contribution in [3.8, 4) is 11.5 Å². The molecule has 4 rings (SSSR count). The molecule has 0 saturated carbocycles. The lowest BCUT2D eigenvalue weighted by Gasteiger charge is -2.39. The Morgan fingerprint density at radius 2 is 1.71 bits per heavy atom. The summed E-state index contributed by atoms with van der Waals surface area (Å²) in [7, 11) is 0. The molecule has 2 aliphatic heterocycles. The van der Waals surface area contributed by atoms with E-state index in [2.05, 4.69) is 5.32 Å². The van der Waals surface area contributed by atoms with E-state index in [4.69, 9.17) is 9.47 Å². The Labute approximate surface area is 181 Å². The third-order valence-electron chi connectivity index (χ3n) is 6.32. The summed E-state index contributed by atoms with van der Waals surface area (Å²) in [6.07, 6.45) is 1.38. The highest BCUT2D eigenvalue weighted by Gasteiger charge is 2.38. The van der Waals surface area contributed by atoms with Crippen LogP contribution in [0.1, 0.15) is 37.3 Å². The molecule has 0 fully saturated rings. The minimum Gasteiger partial charge on any atom is -0.487 e. The van der Waals surface area contributed by atoms with Crippen LogP contribution in [0.25, 0.3) is 0 Å². The number of rotatable bonds is 6. The first-order valence-corrected chi connectivity index (χ1v) is 10.8. The highest BCUT2D eigenvalue weighted by atomic mass is 19.1. The van der Waals surface area contributed by atoms with Gasteiger partial charge in [0, 0.05) is 13.1 Å². The Bertz CT molecular complexity index is 924. The van der Waals surface area contributed by atoms with Crippen molar-refractivity contribution in [2.75, 3.05) is 13.1 Å². The number of fused-ring (bicyclic) bond motifs is 2. The van der Waals surface area contributed by atoms with Crippen molar-refractivity contribution in [3.05, 3.63) is 59.2 Å². The third kappa shape index (κ3) is 5.00. The molecule has 0 aromatic heterocycles. The Morgan fingerprint density at radius 1 is 1.03 bits per heavy atom. The van der Waals surface area contributed by atoms with Crippen LogP contribution in [-0.4, -0.2) is 47.2 Å². The van der Waals surface area contributed by atoms with Gasteiger partial charge in [0.05, 0.1) is 0 Å². The summed E-state index contributed by atoms with van der Waals surface area (Å²) in [6, 6.07) is 8.87. The quantitative estimate of drug-likeness (QED) is 0.653. The molecule has 0 aliphatic carbocycles. The largest absolute Gasteiger partial charge is 0.487 e. The first-order chi connectivity index (χ1) is 14.8. The molecule has 2 heterocycles. The molecule has 5 nitrogen and oxygen atoms in total. The lowest BCUT2D eigenvalue weighted by molar-refractivity contribution is -0.0549. The number of halogens is 2. The van der Waals surface area contributed by atoms with Gasteiger partial charge in [-0.2, -0.15) is 0 Å².